The van der Waals surface area contributed by atoms with Gasteiger partial charge in [-0.3, -0.25) is 0 Å². The molecule has 0 saturated carbocycles. The normalized spacial score (nSPS) is 10.1. The van der Waals surface area contributed by atoms with Crippen molar-refractivity contribution >= 4 is 30.4 Å². The van der Waals surface area contributed by atoms with Crippen molar-refractivity contribution < 1.29 is 49.0 Å². The average Bonchev–Trinajstić information content (AvgIpc) is 3.88. The molecular formula is C48H43Cl2NZr-2. The smallest absolute Gasteiger partial charge is 0.172 e. The molecular weight excluding hydrogens is 753 g/mol. The third-order valence-corrected chi connectivity index (χ3v) is 10.2. The molecule has 0 atom stereocenters. The number of halogens is 2. The molecule has 4 heteroatoms. The van der Waals surface area contributed by atoms with Gasteiger partial charge < -0.3 is 29.7 Å². The molecule has 52 heavy (non-hydrogen) atoms. The second-order valence-corrected chi connectivity index (χ2v) is 13.7. The molecule has 0 saturated heterocycles. The van der Waals surface area contributed by atoms with Crippen molar-refractivity contribution in [2.75, 3.05) is 4.90 Å². The number of aryl methyl sites for hydroxylation is 1. The van der Waals surface area contributed by atoms with E-state index >= 15 is 0 Å². The SMILES string of the molecule is CCCc1ccc2c(c1)[cH-]c1cc(N(Cc3ccccc3)Cc3ccccc3)ccc12.[Cl-].[Cl-].[Zr+2]=[C](c1ccccc1)c1ccccc1.c1cc[cH-]c1. The van der Waals surface area contributed by atoms with Crippen LogP contribution in [0.3, 0.4) is 0 Å². The Morgan fingerprint density at radius 3 is 1.44 bits per heavy atom. The zero-order valence-corrected chi connectivity index (χ0v) is 33.5. The summed E-state index contributed by atoms with van der Waals surface area (Å²) in [6.07, 6.45) is 2.33. The molecule has 0 heterocycles. The van der Waals surface area contributed by atoms with Gasteiger partial charge in [-0.2, -0.15) is 18.2 Å². The Hall–Kier alpha value is -4.33. The summed E-state index contributed by atoms with van der Waals surface area (Å²) in [4.78, 5) is 2.48. The molecule has 0 radical (unpaired) electrons. The van der Waals surface area contributed by atoms with Crippen molar-refractivity contribution in [2.45, 2.75) is 32.9 Å². The summed E-state index contributed by atoms with van der Waals surface area (Å²) in [6, 6.07) is 68.9. The van der Waals surface area contributed by atoms with E-state index in [0.29, 0.717) is 0 Å². The molecule has 1 nitrogen and oxygen atoms in total. The maximum atomic E-state index is 2.48. The number of benzene rings is 6. The van der Waals surface area contributed by atoms with Crippen LogP contribution in [0.25, 0.3) is 21.5 Å². The number of fused-ring (bicyclic) bond motifs is 3. The van der Waals surface area contributed by atoms with Crippen molar-refractivity contribution in [1.82, 2.24) is 0 Å². The minimum Gasteiger partial charge on any atom is -0.214 e. The largest absolute Gasteiger partial charge is 0.214 e. The van der Waals surface area contributed by atoms with Crippen molar-refractivity contribution in [3.8, 4) is 0 Å². The predicted molar refractivity (Wildman–Crippen MR) is 212 cm³/mol. The Balaban J connectivity index is 0.000000238. The van der Waals surface area contributed by atoms with E-state index in [2.05, 4.69) is 176 Å². The molecule has 0 N–H and O–H groups in total. The van der Waals surface area contributed by atoms with E-state index in [9.17, 15) is 0 Å². The second kappa shape index (κ2) is 21.3. The first-order valence-electron chi connectivity index (χ1n) is 17.5. The maximum absolute atomic E-state index is 2.48. The van der Waals surface area contributed by atoms with Crippen LogP contribution in [0.4, 0.5) is 5.69 Å². The minimum absolute atomic E-state index is 0. The summed E-state index contributed by atoms with van der Waals surface area (Å²) in [5.41, 5.74) is 8.02. The molecule has 0 aliphatic heterocycles. The molecule has 8 aromatic rings. The van der Waals surface area contributed by atoms with Crippen LogP contribution in [0.2, 0.25) is 0 Å². The summed E-state index contributed by atoms with van der Waals surface area (Å²) in [7, 11) is 0. The van der Waals surface area contributed by atoms with Crippen LogP contribution in [0, 0.1) is 0 Å². The van der Waals surface area contributed by atoms with Gasteiger partial charge in [-0.1, -0.05) is 110 Å². The topological polar surface area (TPSA) is 3.24 Å². The molecule has 8 aromatic carbocycles. The fourth-order valence-corrected chi connectivity index (χ4v) is 7.06. The van der Waals surface area contributed by atoms with Crippen LogP contribution in [-0.2, 0) is 43.7 Å². The number of rotatable bonds is 9. The zero-order chi connectivity index (χ0) is 34.4. The van der Waals surface area contributed by atoms with Crippen LogP contribution in [-0.4, -0.2) is 3.21 Å². The summed E-state index contributed by atoms with van der Waals surface area (Å²) >= 11 is 1.46. The van der Waals surface area contributed by atoms with Crippen LogP contribution >= 0.6 is 0 Å². The van der Waals surface area contributed by atoms with E-state index in [-0.39, 0.29) is 24.8 Å². The van der Waals surface area contributed by atoms with E-state index < -0.39 is 0 Å². The first kappa shape index (κ1) is 40.4. The van der Waals surface area contributed by atoms with Gasteiger partial charge in [0, 0.05) is 18.8 Å². The standard InChI is InChI=1S/C30H28N.C13H10.C5H5.2ClH.Zr/c1-2-9-23-14-16-29-26(18-23)19-27-20-28(15-17-30(27)29)31(21-24-10-5-3-6-11-24)22-25-12-7-4-8-13-25;1-3-7-12(8-4-1)11-13-9-5-2-6-10-13;1-2-4-5-3-1;;;/h3-8,10-20H,2,9,21-22H2,1H3;1-10H;1-5H;2*1H;/q-1;;-1;;;+2/p-2. The van der Waals surface area contributed by atoms with Crippen molar-refractivity contribution in [3.05, 3.63) is 222 Å². The maximum Gasteiger partial charge on any atom is -0.172 e. The Bertz CT molecular complexity index is 2080. The first-order valence-corrected chi connectivity index (χ1v) is 18.7. The fraction of sp³-hybridized carbons (Fsp3) is 0.104. The van der Waals surface area contributed by atoms with Gasteiger partial charge in [0.2, 0.25) is 0 Å². The molecule has 0 aromatic heterocycles. The Kier molecular flexibility index (Phi) is 16.5. The second-order valence-electron chi connectivity index (χ2n) is 12.5. The summed E-state index contributed by atoms with van der Waals surface area (Å²) < 4.78 is 1.42. The number of hydrogen-bond donors (Lipinski definition) is 0. The monoisotopic (exact) mass is 793 g/mol. The van der Waals surface area contributed by atoms with E-state index in [1.807, 2.05) is 30.3 Å². The van der Waals surface area contributed by atoms with Crippen LogP contribution < -0.4 is 29.7 Å². The molecule has 0 aliphatic rings. The van der Waals surface area contributed by atoms with Crippen molar-refractivity contribution in [3.63, 3.8) is 0 Å². The Labute approximate surface area is 336 Å². The Morgan fingerprint density at radius 1 is 0.519 bits per heavy atom. The molecule has 260 valence electrons. The van der Waals surface area contributed by atoms with Gasteiger partial charge in [-0.05, 0) is 17.5 Å². The first-order chi connectivity index (χ1) is 24.7. The fourth-order valence-electron chi connectivity index (χ4n) is 6.24. The van der Waals surface area contributed by atoms with E-state index in [1.54, 1.807) is 0 Å². The summed E-state index contributed by atoms with van der Waals surface area (Å²) in [5, 5.41) is 5.39. The number of nitrogens with zero attached hydrogens (tertiary/aromatic N) is 1. The average molecular weight is 796 g/mol. The van der Waals surface area contributed by atoms with Crippen LogP contribution in [0.1, 0.15) is 41.2 Å². The summed E-state index contributed by atoms with van der Waals surface area (Å²) in [5.74, 6) is 0. The Morgan fingerprint density at radius 2 is 0.981 bits per heavy atom. The molecule has 0 amide bonds. The van der Waals surface area contributed by atoms with Gasteiger partial charge >= 0.3 is 99.2 Å². The van der Waals surface area contributed by atoms with Crippen LogP contribution in [0.5, 0.6) is 0 Å². The third-order valence-electron chi connectivity index (χ3n) is 8.77. The number of anilines is 1. The molecule has 0 spiro atoms. The third kappa shape index (κ3) is 11.3. The summed E-state index contributed by atoms with van der Waals surface area (Å²) in [6.45, 7) is 4.02. The van der Waals surface area contributed by atoms with Crippen LogP contribution in [0.15, 0.2) is 194 Å². The quantitative estimate of drug-likeness (QED) is 0.160. The van der Waals surface area contributed by atoms with Crippen molar-refractivity contribution in [2.24, 2.45) is 0 Å². The molecule has 0 aliphatic carbocycles. The van der Waals surface area contributed by atoms with Gasteiger partial charge in [0.05, 0.1) is 0 Å². The van der Waals surface area contributed by atoms with Gasteiger partial charge in [-0.25, -0.2) is 12.1 Å². The molecule has 0 fully saturated rings. The van der Waals surface area contributed by atoms with Gasteiger partial charge in [0.25, 0.3) is 0 Å². The molecule has 0 unspecified atom stereocenters. The van der Waals surface area contributed by atoms with Crippen molar-refractivity contribution in [1.29, 1.82) is 0 Å². The van der Waals surface area contributed by atoms with E-state index in [4.69, 9.17) is 0 Å². The molecule has 0 bridgehead atoms. The minimum atomic E-state index is 0. The van der Waals surface area contributed by atoms with E-state index in [0.717, 1.165) is 19.5 Å². The van der Waals surface area contributed by atoms with E-state index in [1.165, 1.54) is 88.9 Å². The number of hydrogen-bond acceptors (Lipinski definition) is 1. The van der Waals surface area contributed by atoms with Gasteiger partial charge in [0.15, 0.2) is 0 Å². The van der Waals surface area contributed by atoms with Gasteiger partial charge in [-0.15, -0.1) is 33.7 Å². The molecule has 8 rings (SSSR count). The zero-order valence-electron chi connectivity index (χ0n) is 29.5. The predicted octanol–water partition coefficient (Wildman–Crippen LogP) is 6.09. The van der Waals surface area contributed by atoms with Gasteiger partial charge in [0.1, 0.15) is 0 Å².